The van der Waals surface area contributed by atoms with Crippen molar-refractivity contribution in [2.45, 2.75) is 66.4 Å². The molecule has 0 bridgehead atoms. The van der Waals surface area contributed by atoms with E-state index in [0.29, 0.717) is 23.4 Å². The number of rotatable bonds is 6. The molecular weight excluding hydrogens is 526 g/mol. The fraction of sp³-hybridized carbons (Fsp3) is 0.278. The van der Waals surface area contributed by atoms with Crippen LogP contribution < -0.4 is 4.90 Å². The van der Waals surface area contributed by atoms with E-state index in [1.54, 1.807) is 4.90 Å². The predicted octanol–water partition coefficient (Wildman–Crippen LogP) is 8.54. The summed E-state index contributed by atoms with van der Waals surface area (Å²) in [6.45, 7) is 11.9. The molecule has 5 rings (SSSR count). The molecule has 1 atom stereocenters. The first-order valence-electron chi connectivity index (χ1n) is 14.2. The van der Waals surface area contributed by atoms with Crippen molar-refractivity contribution in [3.8, 4) is 22.3 Å². The van der Waals surface area contributed by atoms with E-state index in [1.807, 2.05) is 114 Å². The van der Waals surface area contributed by atoms with Crippen LogP contribution in [0.15, 0.2) is 78.9 Å². The van der Waals surface area contributed by atoms with Gasteiger partial charge in [-0.2, -0.15) is 0 Å². The molecule has 42 heavy (non-hydrogen) atoms. The second kappa shape index (κ2) is 11.5. The van der Waals surface area contributed by atoms with Crippen LogP contribution in [-0.2, 0) is 27.4 Å². The number of fused-ring (bicyclic) bond motifs is 3. The Bertz CT molecular complexity index is 1630. The quantitative estimate of drug-likeness (QED) is 0.254. The van der Waals surface area contributed by atoms with Crippen molar-refractivity contribution in [1.82, 2.24) is 0 Å². The lowest BCUT2D eigenvalue weighted by Crippen LogP contribution is -2.35. The Morgan fingerprint density at radius 2 is 1.50 bits per heavy atom. The summed E-state index contributed by atoms with van der Waals surface area (Å²) in [4.78, 5) is 28.3. The first-order chi connectivity index (χ1) is 20.0. The highest BCUT2D eigenvalue weighted by molar-refractivity contribution is 6.03. The molecule has 1 N–H and O–H groups in total. The van der Waals surface area contributed by atoms with Crippen molar-refractivity contribution in [2.24, 2.45) is 0 Å². The van der Waals surface area contributed by atoms with Gasteiger partial charge in [-0.1, -0.05) is 84.4 Å². The molecule has 0 saturated heterocycles. The van der Waals surface area contributed by atoms with E-state index < -0.39 is 23.8 Å². The summed E-state index contributed by atoms with van der Waals surface area (Å²) in [6.07, 6.45) is -1.75. The molecule has 0 aromatic heterocycles. The number of benzene rings is 4. The molecule has 0 fully saturated rings. The summed E-state index contributed by atoms with van der Waals surface area (Å²) in [7, 11) is 0. The number of anilines is 1. The van der Waals surface area contributed by atoms with Gasteiger partial charge in [0.2, 0.25) is 0 Å². The average Bonchev–Trinajstić information content (AvgIpc) is 2.96. The smallest absolute Gasteiger partial charge is 0.414 e. The van der Waals surface area contributed by atoms with E-state index in [-0.39, 0.29) is 6.61 Å². The van der Waals surface area contributed by atoms with Crippen LogP contribution in [0.1, 0.15) is 60.3 Å². The molecule has 0 radical (unpaired) electrons. The summed E-state index contributed by atoms with van der Waals surface area (Å²) in [5, 5.41) is 10.5. The summed E-state index contributed by atoms with van der Waals surface area (Å²) < 4.78 is 12.1. The van der Waals surface area contributed by atoms with Gasteiger partial charge in [-0.3, -0.25) is 4.90 Å². The minimum Gasteiger partial charge on any atom is -0.479 e. The van der Waals surface area contributed by atoms with Gasteiger partial charge in [-0.25, -0.2) is 9.59 Å². The number of carboxylic acid groups (broad SMARTS) is 1. The summed E-state index contributed by atoms with van der Waals surface area (Å²) in [5.74, 6) is -1.09. The number of amides is 1. The number of carbonyl (C=O) groups excluding carboxylic acids is 1. The highest BCUT2D eigenvalue weighted by Crippen LogP contribution is 2.51. The molecule has 216 valence electrons. The maximum atomic E-state index is 13.8. The lowest BCUT2D eigenvalue weighted by molar-refractivity contribution is -0.160. The van der Waals surface area contributed by atoms with E-state index in [4.69, 9.17) is 9.47 Å². The van der Waals surface area contributed by atoms with Gasteiger partial charge in [0.1, 0.15) is 6.61 Å². The van der Waals surface area contributed by atoms with Crippen LogP contribution in [0, 0.1) is 20.8 Å². The number of aryl methyl sites for hydroxylation is 1. The van der Waals surface area contributed by atoms with Crippen LogP contribution in [0.4, 0.5) is 10.5 Å². The van der Waals surface area contributed by atoms with Gasteiger partial charge in [-0.15, -0.1) is 0 Å². The minimum atomic E-state index is -1.26. The van der Waals surface area contributed by atoms with Crippen LogP contribution in [0.3, 0.4) is 0 Å². The van der Waals surface area contributed by atoms with Crippen molar-refractivity contribution >= 4 is 17.7 Å². The van der Waals surface area contributed by atoms with Gasteiger partial charge in [0, 0.05) is 11.1 Å². The number of carboxylic acids is 1. The zero-order valence-corrected chi connectivity index (χ0v) is 25.0. The lowest BCUT2D eigenvalue weighted by Gasteiger charge is -2.37. The van der Waals surface area contributed by atoms with E-state index in [2.05, 4.69) is 6.07 Å². The zero-order chi connectivity index (χ0) is 30.2. The van der Waals surface area contributed by atoms with Gasteiger partial charge in [-0.05, 0) is 80.5 Å². The Balaban J connectivity index is 1.77. The number of carbonyl (C=O) groups is 2. The van der Waals surface area contributed by atoms with Gasteiger partial charge in [0.05, 0.1) is 17.8 Å². The van der Waals surface area contributed by atoms with Gasteiger partial charge in [0.15, 0.2) is 6.10 Å². The molecule has 0 unspecified atom stereocenters. The maximum Gasteiger partial charge on any atom is 0.414 e. The highest BCUT2D eigenvalue weighted by atomic mass is 16.6. The van der Waals surface area contributed by atoms with Crippen molar-refractivity contribution in [1.29, 1.82) is 0 Å². The first kappa shape index (κ1) is 29.1. The fourth-order valence-electron chi connectivity index (χ4n) is 5.78. The molecule has 6 heteroatoms. The SMILES string of the molecule is Cc1ccc(-c2c(C)c3c(c(C)c2[C@H](OC(C)(C)C)C(=O)O)N(C(=O)OCc2ccccc2)Cc2ccccc2-3)cc1. The molecule has 1 heterocycles. The molecule has 0 aliphatic carbocycles. The van der Waals surface area contributed by atoms with Gasteiger partial charge < -0.3 is 14.6 Å². The van der Waals surface area contributed by atoms with E-state index in [1.165, 1.54) is 0 Å². The molecule has 1 aliphatic heterocycles. The van der Waals surface area contributed by atoms with E-state index >= 15 is 0 Å². The van der Waals surface area contributed by atoms with Crippen LogP contribution >= 0.6 is 0 Å². The van der Waals surface area contributed by atoms with Crippen LogP contribution in [0.5, 0.6) is 0 Å². The number of hydrogen-bond acceptors (Lipinski definition) is 4. The Kier molecular flexibility index (Phi) is 7.93. The molecule has 0 spiro atoms. The molecule has 4 aromatic rings. The Hall–Kier alpha value is -4.42. The second-order valence-corrected chi connectivity index (χ2v) is 11.9. The monoisotopic (exact) mass is 563 g/mol. The second-order valence-electron chi connectivity index (χ2n) is 11.9. The third kappa shape index (κ3) is 5.68. The number of hydrogen-bond donors (Lipinski definition) is 1. The average molecular weight is 564 g/mol. The Morgan fingerprint density at radius 1 is 0.857 bits per heavy atom. The standard InChI is InChI=1S/C36H37NO5/c1-22-16-18-26(19-17-22)29-23(2)30-28-15-11-10-14-27(28)20-37(35(40)41-21-25-12-8-7-9-13-25)32(30)24(3)31(29)33(34(38)39)42-36(4,5)6/h7-19,33H,20-21H2,1-6H3,(H,38,39)/t33-/m0/s1. The Morgan fingerprint density at radius 3 is 2.14 bits per heavy atom. The largest absolute Gasteiger partial charge is 0.479 e. The first-order valence-corrected chi connectivity index (χ1v) is 14.2. The summed E-state index contributed by atoms with van der Waals surface area (Å²) >= 11 is 0. The number of aliphatic carboxylic acids is 1. The van der Waals surface area contributed by atoms with E-state index in [0.717, 1.165) is 44.5 Å². The van der Waals surface area contributed by atoms with Crippen LogP contribution in [-0.4, -0.2) is 22.8 Å². The number of ether oxygens (including phenoxy) is 2. The Labute approximate surface area is 247 Å². The lowest BCUT2D eigenvalue weighted by atomic mass is 9.79. The van der Waals surface area contributed by atoms with Crippen molar-refractivity contribution < 1.29 is 24.2 Å². The molecule has 1 amide bonds. The minimum absolute atomic E-state index is 0.129. The number of nitrogens with zero attached hydrogens (tertiary/aromatic N) is 1. The predicted molar refractivity (Wildman–Crippen MR) is 166 cm³/mol. The van der Waals surface area contributed by atoms with Crippen LogP contribution in [0.2, 0.25) is 0 Å². The topological polar surface area (TPSA) is 76.1 Å². The zero-order valence-electron chi connectivity index (χ0n) is 25.0. The molecular formula is C36H37NO5. The third-order valence-corrected chi connectivity index (χ3v) is 7.62. The molecule has 6 nitrogen and oxygen atoms in total. The van der Waals surface area contributed by atoms with Crippen molar-refractivity contribution in [3.05, 3.63) is 112 Å². The summed E-state index contributed by atoms with van der Waals surface area (Å²) in [6, 6.07) is 25.7. The third-order valence-electron chi connectivity index (χ3n) is 7.62. The van der Waals surface area contributed by atoms with Gasteiger partial charge in [0.25, 0.3) is 0 Å². The van der Waals surface area contributed by atoms with E-state index in [9.17, 15) is 14.7 Å². The normalized spacial score (nSPS) is 13.2. The highest BCUT2D eigenvalue weighted by Gasteiger charge is 2.38. The summed E-state index contributed by atoms with van der Waals surface area (Å²) in [5.41, 5.74) is 8.60. The molecule has 0 saturated carbocycles. The fourth-order valence-corrected chi connectivity index (χ4v) is 5.78. The maximum absolute atomic E-state index is 13.8. The van der Waals surface area contributed by atoms with Gasteiger partial charge >= 0.3 is 12.1 Å². The molecule has 4 aromatic carbocycles. The van der Waals surface area contributed by atoms with Crippen molar-refractivity contribution in [3.63, 3.8) is 0 Å². The van der Waals surface area contributed by atoms with Crippen LogP contribution in [0.25, 0.3) is 22.3 Å². The van der Waals surface area contributed by atoms with Crippen molar-refractivity contribution in [2.75, 3.05) is 4.90 Å². The molecule has 1 aliphatic rings.